The average Bonchev–Trinajstić information content (AvgIpc) is 3.18. The quantitative estimate of drug-likeness (QED) is 0.793. The first kappa shape index (κ1) is 17.5. The van der Waals surface area contributed by atoms with Gasteiger partial charge in [-0.25, -0.2) is 4.39 Å². The third-order valence-electron chi connectivity index (χ3n) is 5.78. The first-order valence-corrected chi connectivity index (χ1v) is 10.3. The van der Waals surface area contributed by atoms with Crippen molar-refractivity contribution >= 4 is 22.9 Å². The molecular weight excluding hydrogens is 347 g/mol. The highest BCUT2D eigenvalue weighted by Crippen LogP contribution is 2.43. The van der Waals surface area contributed by atoms with Crippen molar-refractivity contribution in [2.75, 3.05) is 11.4 Å². The zero-order chi connectivity index (χ0) is 18.3. The molecule has 2 aliphatic heterocycles. The summed E-state index contributed by atoms with van der Waals surface area (Å²) in [5.41, 5.74) is 1.92. The van der Waals surface area contributed by atoms with Crippen LogP contribution in [0.25, 0.3) is 0 Å². The lowest BCUT2D eigenvalue weighted by atomic mass is 9.93. The molecule has 0 unspecified atom stereocenters. The summed E-state index contributed by atoms with van der Waals surface area (Å²) in [5.74, 6) is 0.0120. The number of halogens is 1. The molecule has 0 spiro atoms. The van der Waals surface area contributed by atoms with Crippen molar-refractivity contribution in [1.82, 2.24) is 4.90 Å². The van der Waals surface area contributed by atoms with Crippen molar-refractivity contribution in [3.63, 3.8) is 0 Å². The second kappa shape index (κ2) is 6.69. The Bertz CT molecular complexity index is 789. The third kappa shape index (κ3) is 3.13. The number of piperidine rings is 1. The maximum Gasteiger partial charge on any atom is 0.227 e. The van der Waals surface area contributed by atoms with Crippen LogP contribution in [0.5, 0.6) is 0 Å². The molecule has 5 heteroatoms. The smallest absolute Gasteiger partial charge is 0.227 e. The number of fused-ring (bicyclic) bond motifs is 1. The number of benzene rings is 1. The largest absolute Gasteiger partial charge is 0.361 e. The van der Waals surface area contributed by atoms with Gasteiger partial charge < -0.3 is 9.80 Å². The van der Waals surface area contributed by atoms with E-state index in [0.29, 0.717) is 6.42 Å². The van der Waals surface area contributed by atoms with Crippen LogP contribution in [0.3, 0.4) is 0 Å². The van der Waals surface area contributed by atoms with Crippen LogP contribution in [0.15, 0.2) is 41.1 Å². The highest BCUT2D eigenvalue weighted by Gasteiger charge is 2.50. The Balaban J connectivity index is 1.60. The van der Waals surface area contributed by atoms with Gasteiger partial charge in [0.1, 0.15) is 5.82 Å². The van der Waals surface area contributed by atoms with Gasteiger partial charge in [0.2, 0.25) is 5.91 Å². The molecule has 2 atom stereocenters. The zero-order valence-electron chi connectivity index (χ0n) is 15.3. The van der Waals surface area contributed by atoms with Crippen molar-refractivity contribution in [3.8, 4) is 0 Å². The lowest BCUT2D eigenvalue weighted by Crippen LogP contribution is -2.53. The van der Waals surface area contributed by atoms with Crippen LogP contribution in [0, 0.1) is 5.82 Å². The summed E-state index contributed by atoms with van der Waals surface area (Å²) in [6.07, 6.45) is 3.45. The van der Waals surface area contributed by atoms with Gasteiger partial charge >= 0.3 is 0 Å². The normalized spacial score (nSPS) is 24.6. The second-order valence-electron chi connectivity index (χ2n) is 8.04. The van der Waals surface area contributed by atoms with E-state index in [1.165, 1.54) is 6.07 Å². The molecule has 0 bridgehead atoms. The topological polar surface area (TPSA) is 23.6 Å². The SMILES string of the molecule is CC1(C)C[C@H]2[C@H](CCCN2C(=O)Cc2ccsc2)N1c1cccc(F)c1. The van der Waals surface area contributed by atoms with Gasteiger partial charge in [0.05, 0.1) is 18.5 Å². The summed E-state index contributed by atoms with van der Waals surface area (Å²) in [7, 11) is 0. The molecule has 2 aliphatic rings. The summed E-state index contributed by atoms with van der Waals surface area (Å²) in [5, 5.41) is 4.07. The lowest BCUT2D eigenvalue weighted by molar-refractivity contribution is -0.134. The highest BCUT2D eigenvalue weighted by atomic mass is 32.1. The minimum Gasteiger partial charge on any atom is -0.361 e. The summed E-state index contributed by atoms with van der Waals surface area (Å²) >= 11 is 1.63. The molecule has 138 valence electrons. The fourth-order valence-corrected chi connectivity index (χ4v) is 5.46. The minimum atomic E-state index is -0.206. The Morgan fingerprint density at radius 2 is 2.15 bits per heavy atom. The number of carbonyl (C=O) groups excluding carboxylic acids is 1. The molecule has 4 rings (SSSR count). The Kier molecular flexibility index (Phi) is 4.51. The van der Waals surface area contributed by atoms with Gasteiger partial charge in [-0.1, -0.05) is 6.07 Å². The van der Waals surface area contributed by atoms with Crippen molar-refractivity contribution in [2.45, 2.75) is 57.2 Å². The van der Waals surface area contributed by atoms with Crippen LogP contribution in [0.4, 0.5) is 10.1 Å². The van der Waals surface area contributed by atoms with Crippen LogP contribution in [-0.4, -0.2) is 35.0 Å². The van der Waals surface area contributed by atoms with E-state index in [-0.39, 0.29) is 29.3 Å². The van der Waals surface area contributed by atoms with E-state index in [4.69, 9.17) is 0 Å². The predicted octanol–water partition coefficient (Wildman–Crippen LogP) is 4.48. The molecule has 3 nitrogen and oxygen atoms in total. The maximum atomic E-state index is 13.8. The molecule has 0 aliphatic carbocycles. The van der Waals surface area contributed by atoms with Gasteiger partial charge in [0.25, 0.3) is 0 Å². The maximum absolute atomic E-state index is 13.8. The van der Waals surface area contributed by atoms with E-state index in [0.717, 1.165) is 37.1 Å². The van der Waals surface area contributed by atoms with E-state index >= 15 is 0 Å². The monoisotopic (exact) mass is 372 g/mol. The van der Waals surface area contributed by atoms with Crippen LogP contribution in [0.2, 0.25) is 0 Å². The number of hydrogen-bond acceptors (Lipinski definition) is 3. The van der Waals surface area contributed by atoms with E-state index < -0.39 is 0 Å². The second-order valence-corrected chi connectivity index (χ2v) is 8.82. The molecule has 0 radical (unpaired) electrons. The van der Waals surface area contributed by atoms with Gasteiger partial charge in [-0.3, -0.25) is 4.79 Å². The molecule has 1 amide bonds. The number of carbonyl (C=O) groups is 1. The summed E-state index contributed by atoms with van der Waals surface area (Å²) in [4.78, 5) is 17.4. The average molecular weight is 373 g/mol. The van der Waals surface area contributed by atoms with Crippen molar-refractivity contribution < 1.29 is 9.18 Å². The first-order valence-electron chi connectivity index (χ1n) is 9.31. The number of likely N-dealkylation sites (tertiary alicyclic amines) is 1. The molecule has 2 aromatic rings. The number of nitrogens with zero attached hydrogens (tertiary/aromatic N) is 2. The fraction of sp³-hybridized carbons (Fsp3) is 0.476. The van der Waals surface area contributed by atoms with Crippen LogP contribution in [-0.2, 0) is 11.2 Å². The number of rotatable bonds is 3. The molecular formula is C21H25FN2OS. The molecule has 2 saturated heterocycles. The summed E-state index contributed by atoms with van der Waals surface area (Å²) in [6.45, 7) is 5.24. The molecule has 1 aromatic carbocycles. The number of hydrogen-bond donors (Lipinski definition) is 0. The van der Waals surface area contributed by atoms with Gasteiger partial charge in [0, 0.05) is 17.8 Å². The molecule has 0 N–H and O–H groups in total. The van der Waals surface area contributed by atoms with E-state index in [2.05, 4.69) is 29.0 Å². The van der Waals surface area contributed by atoms with Crippen LogP contribution in [0.1, 0.15) is 38.7 Å². The Morgan fingerprint density at radius 3 is 2.88 bits per heavy atom. The van der Waals surface area contributed by atoms with Gasteiger partial charge in [0.15, 0.2) is 0 Å². The zero-order valence-corrected chi connectivity index (χ0v) is 16.1. The van der Waals surface area contributed by atoms with Crippen molar-refractivity contribution in [3.05, 3.63) is 52.5 Å². The standard InChI is InChI=1S/C21H25FN2OS/c1-21(2)13-19-18(24(21)17-6-3-5-16(22)12-17)7-4-9-23(19)20(25)11-15-8-10-26-14-15/h3,5-6,8,10,12,14,18-19H,4,7,9,11,13H2,1-2H3/t18-,19-/m0/s1. The van der Waals surface area contributed by atoms with Gasteiger partial charge in [-0.15, -0.1) is 0 Å². The van der Waals surface area contributed by atoms with Crippen LogP contribution < -0.4 is 4.90 Å². The molecule has 3 heterocycles. The Hall–Kier alpha value is -1.88. The van der Waals surface area contributed by atoms with Gasteiger partial charge in [-0.05, 0) is 73.7 Å². The molecule has 2 fully saturated rings. The van der Waals surface area contributed by atoms with Crippen LogP contribution >= 0.6 is 11.3 Å². The molecule has 1 aromatic heterocycles. The fourth-order valence-electron chi connectivity index (χ4n) is 4.79. The van der Waals surface area contributed by atoms with Crippen molar-refractivity contribution in [1.29, 1.82) is 0 Å². The van der Waals surface area contributed by atoms with E-state index in [1.54, 1.807) is 23.5 Å². The lowest BCUT2D eigenvalue weighted by Gasteiger charge is -2.42. The number of anilines is 1. The van der Waals surface area contributed by atoms with E-state index in [1.807, 2.05) is 17.5 Å². The molecule has 0 saturated carbocycles. The van der Waals surface area contributed by atoms with Gasteiger partial charge in [-0.2, -0.15) is 11.3 Å². The minimum absolute atomic E-state index is 0.103. The first-order chi connectivity index (χ1) is 12.5. The van der Waals surface area contributed by atoms with E-state index in [9.17, 15) is 9.18 Å². The van der Waals surface area contributed by atoms with Crippen molar-refractivity contribution in [2.24, 2.45) is 0 Å². The summed E-state index contributed by atoms with van der Waals surface area (Å²) < 4.78 is 13.8. The Labute approximate surface area is 158 Å². The third-order valence-corrected chi connectivity index (χ3v) is 6.51. The highest BCUT2D eigenvalue weighted by molar-refractivity contribution is 7.08. The predicted molar refractivity (Wildman–Crippen MR) is 104 cm³/mol. The molecule has 26 heavy (non-hydrogen) atoms. The Morgan fingerprint density at radius 1 is 1.31 bits per heavy atom. The number of thiophene rings is 1. The number of amides is 1. The summed E-state index contributed by atoms with van der Waals surface area (Å²) in [6, 6.07) is 9.36.